The molecular weight excluding hydrogens is 491 g/mol. The van der Waals surface area contributed by atoms with Gasteiger partial charge in [-0.15, -0.1) is 0 Å². The Morgan fingerprint density at radius 1 is 1.17 bits per heavy atom. The minimum absolute atomic E-state index is 0.0122. The van der Waals surface area contributed by atoms with Crippen LogP contribution in [0.25, 0.3) is 0 Å². The summed E-state index contributed by atoms with van der Waals surface area (Å²) in [6.45, 7) is 4.71. The van der Waals surface area contributed by atoms with Crippen molar-refractivity contribution in [3.63, 3.8) is 0 Å². The second-order valence-corrected chi connectivity index (χ2v) is 10.4. The highest BCUT2D eigenvalue weighted by Gasteiger charge is 2.31. The number of nitrogens with zero attached hydrogens (tertiary/aromatic N) is 3. The van der Waals surface area contributed by atoms with Crippen LogP contribution in [0.15, 0.2) is 42.5 Å². The molecule has 12 heteroatoms. The SMILES string of the molecule is CCCCNC(=O)[C@H](C)N(Cc1ccc(F)cc1)C(=O)CN(c1cc([N+](=O)[O-])ccc1C)S(C)(=O)=O. The highest BCUT2D eigenvalue weighted by molar-refractivity contribution is 7.92. The number of non-ortho nitro benzene ring substituents is 1. The highest BCUT2D eigenvalue weighted by atomic mass is 32.2. The summed E-state index contributed by atoms with van der Waals surface area (Å²) in [5.74, 6) is -1.59. The number of unbranched alkanes of at least 4 members (excludes halogenated alkanes) is 1. The lowest BCUT2D eigenvalue weighted by Crippen LogP contribution is -2.51. The smallest absolute Gasteiger partial charge is 0.271 e. The number of rotatable bonds is 12. The zero-order chi connectivity index (χ0) is 27.0. The Morgan fingerprint density at radius 3 is 2.36 bits per heavy atom. The number of hydrogen-bond acceptors (Lipinski definition) is 6. The van der Waals surface area contributed by atoms with Crippen molar-refractivity contribution in [2.75, 3.05) is 23.7 Å². The summed E-state index contributed by atoms with van der Waals surface area (Å²) in [5, 5.41) is 14.0. The number of carbonyl (C=O) groups excluding carboxylic acids is 2. The van der Waals surface area contributed by atoms with Gasteiger partial charge in [-0.3, -0.25) is 24.0 Å². The maximum absolute atomic E-state index is 13.5. The molecule has 36 heavy (non-hydrogen) atoms. The normalized spacial score (nSPS) is 12.0. The van der Waals surface area contributed by atoms with E-state index in [1.54, 1.807) is 6.92 Å². The quantitative estimate of drug-likeness (QED) is 0.259. The molecule has 0 aliphatic carbocycles. The second-order valence-electron chi connectivity index (χ2n) is 8.47. The molecule has 1 atom stereocenters. The number of nitro benzene ring substituents is 1. The van der Waals surface area contributed by atoms with Crippen LogP contribution < -0.4 is 9.62 Å². The Hall–Kier alpha value is -3.54. The lowest BCUT2D eigenvalue weighted by atomic mass is 10.1. The molecule has 2 aromatic carbocycles. The van der Waals surface area contributed by atoms with E-state index in [0.29, 0.717) is 17.7 Å². The third-order valence-electron chi connectivity index (χ3n) is 5.61. The van der Waals surface area contributed by atoms with E-state index < -0.39 is 45.2 Å². The van der Waals surface area contributed by atoms with E-state index in [2.05, 4.69) is 5.32 Å². The van der Waals surface area contributed by atoms with Gasteiger partial charge in [0.15, 0.2) is 0 Å². The molecule has 0 spiro atoms. The van der Waals surface area contributed by atoms with E-state index in [9.17, 15) is 32.5 Å². The Balaban J connectivity index is 2.43. The van der Waals surface area contributed by atoms with Crippen LogP contribution in [0.5, 0.6) is 0 Å². The van der Waals surface area contributed by atoms with Crippen LogP contribution in [0.1, 0.15) is 37.8 Å². The average molecular weight is 523 g/mol. The fraction of sp³-hybridized carbons (Fsp3) is 0.417. The van der Waals surface area contributed by atoms with E-state index in [-0.39, 0.29) is 17.9 Å². The lowest BCUT2D eigenvalue weighted by molar-refractivity contribution is -0.384. The number of anilines is 1. The molecule has 2 rings (SSSR count). The number of carbonyl (C=O) groups is 2. The maximum Gasteiger partial charge on any atom is 0.271 e. The molecule has 0 saturated heterocycles. The van der Waals surface area contributed by atoms with Gasteiger partial charge in [-0.1, -0.05) is 31.5 Å². The highest BCUT2D eigenvalue weighted by Crippen LogP contribution is 2.28. The van der Waals surface area contributed by atoms with Gasteiger partial charge >= 0.3 is 0 Å². The van der Waals surface area contributed by atoms with Gasteiger partial charge in [0.2, 0.25) is 21.8 Å². The summed E-state index contributed by atoms with van der Waals surface area (Å²) in [7, 11) is -4.04. The second kappa shape index (κ2) is 12.4. The number of hydrogen-bond donors (Lipinski definition) is 1. The molecule has 1 N–H and O–H groups in total. The maximum atomic E-state index is 13.5. The third kappa shape index (κ3) is 7.74. The standard InChI is InChI=1S/C24H31FN4O6S/c1-5-6-13-26-24(31)18(3)27(15-19-8-10-20(25)11-9-19)23(30)16-28(36(4,34)35)22-14-21(29(32)33)12-7-17(22)2/h7-12,14,18H,5-6,13,15-16H2,1-4H3,(H,26,31)/t18-/m0/s1. The molecule has 0 fully saturated rings. The van der Waals surface area contributed by atoms with Crippen molar-refractivity contribution in [3.05, 3.63) is 69.5 Å². The van der Waals surface area contributed by atoms with Gasteiger partial charge in [-0.05, 0) is 43.5 Å². The summed E-state index contributed by atoms with van der Waals surface area (Å²) in [6, 6.07) is 8.15. The van der Waals surface area contributed by atoms with Crippen molar-refractivity contribution in [2.24, 2.45) is 0 Å². The molecule has 0 aliphatic rings. The van der Waals surface area contributed by atoms with Gasteiger partial charge in [-0.2, -0.15) is 0 Å². The summed E-state index contributed by atoms with van der Waals surface area (Å²) in [4.78, 5) is 38.1. The van der Waals surface area contributed by atoms with E-state index in [1.807, 2.05) is 6.92 Å². The monoisotopic (exact) mass is 522 g/mol. The van der Waals surface area contributed by atoms with Gasteiger partial charge in [0, 0.05) is 25.2 Å². The average Bonchev–Trinajstić information content (AvgIpc) is 2.81. The van der Waals surface area contributed by atoms with Crippen molar-refractivity contribution < 1.29 is 27.3 Å². The number of aryl methyl sites for hydroxylation is 1. The molecule has 0 bridgehead atoms. The van der Waals surface area contributed by atoms with E-state index in [1.165, 1.54) is 48.2 Å². The zero-order valence-electron chi connectivity index (χ0n) is 20.7. The molecule has 2 amide bonds. The molecule has 0 saturated carbocycles. The number of nitrogens with one attached hydrogen (secondary N) is 1. The van der Waals surface area contributed by atoms with Crippen LogP contribution in [0.3, 0.4) is 0 Å². The first-order chi connectivity index (χ1) is 16.8. The number of amides is 2. The van der Waals surface area contributed by atoms with Crippen LogP contribution in [0, 0.1) is 22.9 Å². The van der Waals surface area contributed by atoms with Crippen molar-refractivity contribution >= 4 is 33.2 Å². The van der Waals surface area contributed by atoms with Crippen LogP contribution in [0.4, 0.5) is 15.8 Å². The molecular formula is C24H31FN4O6S. The van der Waals surface area contributed by atoms with Gasteiger partial charge in [0.05, 0.1) is 16.9 Å². The van der Waals surface area contributed by atoms with Crippen LogP contribution in [0.2, 0.25) is 0 Å². The van der Waals surface area contributed by atoms with Gasteiger partial charge in [0.1, 0.15) is 18.4 Å². The molecule has 196 valence electrons. The first-order valence-electron chi connectivity index (χ1n) is 11.4. The fourth-order valence-electron chi connectivity index (χ4n) is 3.48. The molecule has 0 aromatic heterocycles. The van der Waals surface area contributed by atoms with Crippen molar-refractivity contribution in [3.8, 4) is 0 Å². The molecule has 10 nitrogen and oxygen atoms in total. The number of halogens is 1. The summed E-state index contributed by atoms with van der Waals surface area (Å²) >= 11 is 0. The van der Waals surface area contributed by atoms with Crippen molar-refractivity contribution in [1.29, 1.82) is 0 Å². The summed E-state index contributed by atoms with van der Waals surface area (Å²) in [6.07, 6.45) is 2.50. The fourth-order valence-corrected chi connectivity index (χ4v) is 4.38. The largest absolute Gasteiger partial charge is 0.354 e. The number of nitro groups is 1. The Labute approximate surface area is 210 Å². The first kappa shape index (κ1) is 28.7. The number of benzene rings is 2. The summed E-state index contributed by atoms with van der Waals surface area (Å²) in [5.41, 5.74) is 0.607. The Bertz CT molecular complexity index is 1200. The van der Waals surface area contributed by atoms with Crippen LogP contribution in [-0.4, -0.2) is 55.4 Å². The minimum atomic E-state index is -4.04. The van der Waals surface area contributed by atoms with Gasteiger partial charge < -0.3 is 10.2 Å². The molecule has 2 aromatic rings. The zero-order valence-corrected chi connectivity index (χ0v) is 21.5. The molecule has 0 aliphatic heterocycles. The molecule has 0 heterocycles. The lowest BCUT2D eigenvalue weighted by Gasteiger charge is -2.31. The van der Waals surface area contributed by atoms with Crippen molar-refractivity contribution in [2.45, 2.75) is 46.2 Å². The topological polar surface area (TPSA) is 130 Å². The predicted molar refractivity (Wildman–Crippen MR) is 134 cm³/mol. The van der Waals surface area contributed by atoms with Gasteiger partial charge in [-0.25, -0.2) is 12.8 Å². The van der Waals surface area contributed by atoms with E-state index in [0.717, 1.165) is 29.5 Å². The summed E-state index contributed by atoms with van der Waals surface area (Å²) < 4.78 is 39.5. The predicted octanol–water partition coefficient (Wildman–Crippen LogP) is 3.14. The van der Waals surface area contributed by atoms with E-state index in [4.69, 9.17) is 0 Å². The van der Waals surface area contributed by atoms with Crippen LogP contribution in [-0.2, 0) is 26.2 Å². The Morgan fingerprint density at radius 2 is 1.81 bits per heavy atom. The van der Waals surface area contributed by atoms with Crippen molar-refractivity contribution in [1.82, 2.24) is 10.2 Å². The van der Waals surface area contributed by atoms with Crippen LogP contribution >= 0.6 is 0 Å². The Kier molecular flexibility index (Phi) is 9.91. The van der Waals surface area contributed by atoms with E-state index >= 15 is 0 Å². The third-order valence-corrected chi connectivity index (χ3v) is 6.74. The number of sulfonamides is 1. The molecule has 0 unspecified atom stereocenters. The minimum Gasteiger partial charge on any atom is -0.354 e. The molecule has 0 radical (unpaired) electrons. The van der Waals surface area contributed by atoms with Gasteiger partial charge in [0.25, 0.3) is 5.69 Å². The first-order valence-corrected chi connectivity index (χ1v) is 13.2.